The number of nitrogens with one attached hydrogen (secondary N) is 1. The van der Waals surface area contributed by atoms with E-state index in [9.17, 15) is 9.59 Å². The summed E-state index contributed by atoms with van der Waals surface area (Å²) in [4.78, 5) is 25.5. The number of amides is 2. The van der Waals surface area contributed by atoms with Gasteiger partial charge in [0, 0.05) is 19.0 Å². The van der Waals surface area contributed by atoms with E-state index in [1.54, 1.807) is 0 Å². The summed E-state index contributed by atoms with van der Waals surface area (Å²) in [6, 6.07) is 0.0547. The standard InChI is InChI=1S/C14H22N2O2/c1-9-4-13(17)15-7-14(18)16(9)8-12-6-10-2-3-11(12)5-10/h9-12H,2-8H2,1H3,(H,15,17). The highest BCUT2D eigenvalue weighted by atomic mass is 16.2. The summed E-state index contributed by atoms with van der Waals surface area (Å²) in [7, 11) is 0. The molecule has 2 amide bonds. The highest BCUT2D eigenvalue weighted by molar-refractivity contribution is 5.87. The van der Waals surface area contributed by atoms with E-state index < -0.39 is 0 Å². The third kappa shape index (κ3) is 2.13. The van der Waals surface area contributed by atoms with Crippen LogP contribution in [0.15, 0.2) is 0 Å². The second-order valence-electron chi connectivity index (χ2n) is 6.31. The Morgan fingerprint density at radius 3 is 2.78 bits per heavy atom. The molecule has 0 aromatic heterocycles. The molecule has 1 aliphatic heterocycles. The van der Waals surface area contributed by atoms with Crippen molar-refractivity contribution in [2.75, 3.05) is 13.1 Å². The van der Waals surface area contributed by atoms with Gasteiger partial charge >= 0.3 is 0 Å². The van der Waals surface area contributed by atoms with E-state index in [2.05, 4.69) is 5.32 Å². The van der Waals surface area contributed by atoms with Gasteiger partial charge in [0.1, 0.15) is 0 Å². The molecule has 4 unspecified atom stereocenters. The Morgan fingerprint density at radius 1 is 1.28 bits per heavy atom. The molecule has 0 radical (unpaired) electrons. The molecule has 2 saturated carbocycles. The van der Waals surface area contributed by atoms with Crippen LogP contribution in [0.5, 0.6) is 0 Å². The van der Waals surface area contributed by atoms with Gasteiger partial charge in [0.15, 0.2) is 0 Å². The van der Waals surface area contributed by atoms with Crippen LogP contribution in [0.25, 0.3) is 0 Å². The molecule has 3 fully saturated rings. The summed E-state index contributed by atoms with van der Waals surface area (Å²) in [6.45, 7) is 3.05. The minimum absolute atomic E-state index is 0.00583. The zero-order valence-electron chi connectivity index (χ0n) is 11.0. The number of hydrogen-bond donors (Lipinski definition) is 1. The Bertz CT molecular complexity index is 369. The number of rotatable bonds is 2. The summed E-state index contributed by atoms with van der Waals surface area (Å²) in [5.41, 5.74) is 0. The molecule has 0 spiro atoms. The Labute approximate surface area is 108 Å². The zero-order chi connectivity index (χ0) is 12.7. The Morgan fingerprint density at radius 2 is 2.11 bits per heavy atom. The average molecular weight is 250 g/mol. The molecule has 2 bridgehead atoms. The maximum Gasteiger partial charge on any atom is 0.242 e. The molecule has 4 nitrogen and oxygen atoms in total. The number of hydrogen-bond acceptors (Lipinski definition) is 2. The maximum atomic E-state index is 12.1. The second kappa shape index (κ2) is 4.56. The van der Waals surface area contributed by atoms with E-state index in [-0.39, 0.29) is 24.4 Å². The van der Waals surface area contributed by atoms with Gasteiger partial charge in [-0.3, -0.25) is 9.59 Å². The first-order chi connectivity index (χ1) is 8.63. The highest BCUT2D eigenvalue weighted by Crippen LogP contribution is 2.48. The van der Waals surface area contributed by atoms with E-state index in [0.717, 1.165) is 18.4 Å². The zero-order valence-corrected chi connectivity index (χ0v) is 11.0. The van der Waals surface area contributed by atoms with Crippen molar-refractivity contribution in [1.82, 2.24) is 10.2 Å². The van der Waals surface area contributed by atoms with E-state index >= 15 is 0 Å². The SMILES string of the molecule is CC1CC(=O)NCC(=O)N1CC1CC2CCC1C2. The van der Waals surface area contributed by atoms with Crippen LogP contribution in [0.3, 0.4) is 0 Å². The average Bonchev–Trinajstić information content (AvgIpc) is 2.91. The molecule has 3 aliphatic rings. The van der Waals surface area contributed by atoms with Crippen LogP contribution in [0.4, 0.5) is 0 Å². The van der Waals surface area contributed by atoms with Crippen molar-refractivity contribution >= 4 is 11.8 Å². The van der Waals surface area contributed by atoms with Crippen molar-refractivity contribution in [3.05, 3.63) is 0 Å². The number of carbonyl (C=O) groups excluding carboxylic acids is 2. The van der Waals surface area contributed by atoms with Crippen molar-refractivity contribution in [2.24, 2.45) is 17.8 Å². The van der Waals surface area contributed by atoms with Gasteiger partial charge in [-0.1, -0.05) is 6.42 Å². The van der Waals surface area contributed by atoms with Gasteiger partial charge in [-0.2, -0.15) is 0 Å². The fourth-order valence-corrected chi connectivity index (χ4v) is 4.11. The third-order valence-corrected chi connectivity index (χ3v) is 5.09. The van der Waals surface area contributed by atoms with Crippen molar-refractivity contribution < 1.29 is 9.59 Å². The van der Waals surface area contributed by atoms with E-state index in [1.165, 1.54) is 25.7 Å². The largest absolute Gasteiger partial charge is 0.347 e. The van der Waals surface area contributed by atoms with Gasteiger partial charge in [0.25, 0.3) is 0 Å². The number of carbonyl (C=O) groups is 2. The molecule has 1 N–H and O–H groups in total. The fraction of sp³-hybridized carbons (Fsp3) is 0.857. The smallest absolute Gasteiger partial charge is 0.242 e. The first kappa shape index (κ1) is 12.0. The predicted molar refractivity (Wildman–Crippen MR) is 67.7 cm³/mol. The van der Waals surface area contributed by atoms with E-state index in [0.29, 0.717) is 12.3 Å². The molecule has 3 rings (SSSR count). The molecule has 100 valence electrons. The van der Waals surface area contributed by atoms with Gasteiger partial charge in [-0.25, -0.2) is 0 Å². The summed E-state index contributed by atoms with van der Waals surface area (Å²) < 4.78 is 0. The van der Waals surface area contributed by atoms with E-state index in [1.807, 2.05) is 11.8 Å². The minimum atomic E-state index is 0.00583. The van der Waals surface area contributed by atoms with Gasteiger partial charge in [-0.05, 0) is 43.9 Å². The van der Waals surface area contributed by atoms with Crippen molar-refractivity contribution in [3.8, 4) is 0 Å². The van der Waals surface area contributed by atoms with Crippen LogP contribution in [0.1, 0.15) is 39.0 Å². The molecule has 0 aromatic rings. The molecule has 1 heterocycles. The fourth-order valence-electron chi connectivity index (χ4n) is 4.11. The van der Waals surface area contributed by atoms with Crippen LogP contribution >= 0.6 is 0 Å². The molecule has 18 heavy (non-hydrogen) atoms. The topological polar surface area (TPSA) is 49.4 Å². The molecule has 4 atom stereocenters. The molecule has 4 heteroatoms. The van der Waals surface area contributed by atoms with Gasteiger partial charge in [-0.15, -0.1) is 0 Å². The molecule has 2 aliphatic carbocycles. The summed E-state index contributed by atoms with van der Waals surface area (Å²) >= 11 is 0. The van der Waals surface area contributed by atoms with Gasteiger partial charge in [0.2, 0.25) is 11.8 Å². The Balaban J connectivity index is 1.66. The molecule has 1 saturated heterocycles. The predicted octanol–water partition coefficient (Wildman–Crippen LogP) is 1.16. The maximum absolute atomic E-state index is 12.1. The minimum Gasteiger partial charge on any atom is -0.347 e. The van der Waals surface area contributed by atoms with Crippen molar-refractivity contribution in [2.45, 2.75) is 45.1 Å². The summed E-state index contributed by atoms with van der Waals surface area (Å²) in [5.74, 6) is 2.53. The van der Waals surface area contributed by atoms with Crippen LogP contribution in [-0.2, 0) is 9.59 Å². The van der Waals surface area contributed by atoms with Crippen LogP contribution in [0.2, 0.25) is 0 Å². The van der Waals surface area contributed by atoms with E-state index in [4.69, 9.17) is 0 Å². The molecular formula is C14H22N2O2. The lowest BCUT2D eigenvalue weighted by atomic mass is 9.88. The molecular weight excluding hydrogens is 228 g/mol. The van der Waals surface area contributed by atoms with Crippen LogP contribution < -0.4 is 5.32 Å². The lowest BCUT2D eigenvalue weighted by Gasteiger charge is -2.32. The van der Waals surface area contributed by atoms with Gasteiger partial charge < -0.3 is 10.2 Å². The van der Waals surface area contributed by atoms with Crippen molar-refractivity contribution in [1.29, 1.82) is 0 Å². The Hall–Kier alpha value is -1.06. The Kier molecular flexibility index (Phi) is 3.04. The number of fused-ring (bicyclic) bond motifs is 2. The number of nitrogens with zero attached hydrogens (tertiary/aromatic N) is 1. The highest BCUT2D eigenvalue weighted by Gasteiger charge is 2.41. The lowest BCUT2D eigenvalue weighted by molar-refractivity contribution is -0.132. The van der Waals surface area contributed by atoms with Crippen LogP contribution in [0, 0.1) is 17.8 Å². The first-order valence-corrected chi connectivity index (χ1v) is 7.19. The second-order valence-corrected chi connectivity index (χ2v) is 6.31. The normalized spacial score (nSPS) is 39.9. The summed E-state index contributed by atoms with van der Waals surface area (Å²) in [5, 5.41) is 2.68. The monoisotopic (exact) mass is 250 g/mol. The quantitative estimate of drug-likeness (QED) is 0.799. The van der Waals surface area contributed by atoms with Gasteiger partial charge in [0.05, 0.1) is 6.54 Å². The lowest BCUT2D eigenvalue weighted by Crippen LogP contribution is -2.43. The molecule has 0 aromatic carbocycles. The first-order valence-electron chi connectivity index (χ1n) is 7.19. The third-order valence-electron chi connectivity index (χ3n) is 5.09. The van der Waals surface area contributed by atoms with Crippen LogP contribution in [-0.4, -0.2) is 35.8 Å². The summed E-state index contributed by atoms with van der Waals surface area (Å²) in [6.07, 6.45) is 5.86. The van der Waals surface area contributed by atoms with Crippen molar-refractivity contribution in [3.63, 3.8) is 0 Å².